The van der Waals surface area contributed by atoms with Crippen molar-refractivity contribution in [1.82, 2.24) is 14.7 Å². The van der Waals surface area contributed by atoms with Crippen LogP contribution in [0.2, 0.25) is 0 Å². The van der Waals surface area contributed by atoms with Crippen molar-refractivity contribution in [2.75, 3.05) is 12.0 Å². The fourth-order valence-electron chi connectivity index (χ4n) is 1.59. The van der Waals surface area contributed by atoms with Crippen LogP contribution in [0.1, 0.15) is 17.8 Å². The fraction of sp³-hybridized carbons (Fsp3) is 0.273. The first-order valence-corrected chi connectivity index (χ1v) is 8.20. The molecule has 108 valence electrons. The topological polar surface area (TPSA) is 110 Å². The number of hydrazine groups is 1. The number of thiazole rings is 1. The van der Waals surface area contributed by atoms with Gasteiger partial charge in [0.15, 0.2) is 0 Å². The van der Waals surface area contributed by atoms with Crippen LogP contribution >= 0.6 is 11.3 Å². The molecule has 1 unspecified atom stereocenters. The van der Waals surface area contributed by atoms with Crippen molar-refractivity contribution >= 4 is 27.0 Å². The van der Waals surface area contributed by atoms with Gasteiger partial charge in [-0.25, -0.2) is 18.1 Å². The van der Waals surface area contributed by atoms with Gasteiger partial charge in [0.05, 0.1) is 10.7 Å². The van der Waals surface area contributed by atoms with Crippen molar-refractivity contribution in [2.24, 2.45) is 5.84 Å². The molecule has 0 aromatic carbocycles. The second-order valence-electron chi connectivity index (χ2n) is 4.14. The number of aromatic nitrogens is 2. The van der Waals surface area contributed by atoms with Gasteiger partial charge in [0.2, 0.25) is 10.0 Å². The summed E-state index contributed by atoms with van der Waals surface area (Å²) in [6, 6.07) is 1.50. The zero-order valence-electron chi connectivity index (χ0n) is 10.8. The molecule has 0 aliphatic heterocycles. The highest BCUT2D eigenvalue weighted by molar-refractivity contribution is 7.89. The molecule has 0 saturated heterocycles. The number of hydrogen-bond acceptors (Lipinski definition) is 7. The van der Waals surface area contributed by atoms with Gasteiger partial charge in [0, 0.05) is 36.4 Å². The van der Waals surface area contributed by atoms with Crippen LogP contribution in [0, 0.1) is 0 Å². The Labute approximate surface area is 121 Å². The molecule has 0 saturated carbocycles. The molecule has 2 rings (SSSR count). The molecule has 20 heavy (non-hydrogen) atoms. The van der Waals surface area contributed by atoms with Crippen LogP contribution in [-0.2, 0) is 10.0 Å². The van der Waals surface area contributed by atoms with E-state index in [1.165, 1.54) is 29.8 Å². The van der Waals surface area contributed by atoms with Gasteiger partial charge >= 0.3 is 0 Å². The molecular formula is C11H15N5O2S2. The third-order valence-corrected chi connectivity index (χ3v) is 5.14. The number of nitrogens with two attached hydrogens (primary N) is 1. The highest BCUT2D eigenvalue weighted by atomic mass is 32.2. The highest BCUT2D eigenvalue weighted by Crippen LogP contribution is 2.20. The first kappa shape index (κ1) is 14.9. The molecule has 9 heteroatoms. The van der Waals surface area contributed by atoms with E-state index in [9.17, 15) is 8.42 Å². The van der Waals surface area contributed by atoms with Gasteiger partial charge in [-0.3, -0.25) is 10.8 Å². The number of rotatable bonds is 6. The second kappa shape index (κ2) is 6.27. The Morgan fingerprint density at radius 3 is 2.90 bits per heavy atom. The van der Waals surface area contributed by atoms with E-state index in [1.54, 1.807) is 6.20 Å². The van der Waals surface area contributed by atoms with Crippen LogP contribution in [0.4, 0.5) is 5.69 Å². The van der Waals surface area contributed by atoms with E-state index in [-0.39, 0.29) is 17.4 Å². The van der Waals surface area contributed by atoms with Crippen molar-refractivity contribution in [2.45, 2.75) is 17.7 Å². The summed E-state index contributed by atoms with van der Waals surface area (Å²) in [4.78, 5) is 8.00. The second-order valence-corrected chi connectivity index (χ2v) is 6.80. The maximum absolute atomic E-state index is 12.2. The van der Waals surface area contributed by atoms with E-state index in [2.05, 4.69) is 20.1 Å². The zero-order chi connectivity index (χ0) is 14.6. The van der Waals surface area contributed by atoms with Gasteiger partial charge in [-0.1, -0.05) is 6.92 Å². The lowest BCUT2D eigenvalue weighted by Crippen LogP contribution is -2.29. The molecule has 0 bridgehead atoms. The SMILES string of the molecule is CC(CNS(=O)(=O)c1cnccc1NN)c1nccs1. The Kier molecular flexibility index (Phi) is 4.65. The summed E-state index contributed by atoms with van der Waals surface area (Å²) >= 11 is 1.49. The molecule has 0 radical (unpaired) electrons. The Hall–Kier alpha value is -1.55. The summed E-state index contributed by atoms with van der Waals surface area (Å²) in [6.07, 6.45) is 4.42. The van der Waals surface area contributed by atoms with E-state index in [4.69, 9.17) is 5.84 Å². The molecule has 0 amide bonds. The van der Waals surface area contributed by atoms with Gasteiger partial charge in [-0.15, -0.1) is 11.3 Å². The molecule has 2 heterocycles. The molecule has 0 aliphatic rings. The lowest BCUT2D eigenvalue weighted by atomic mass is 10.2. The quantitative estimate of drug-likeness (QED) is 0.540. The molecule has 4 N–H and O–H groups in total. The summed E-state index contributed by atoms with van der Waals surface area (Å²) in [5, 5.41) is 2.74. The molecule has 2 aromatic rings. The average Bonchev–Trinajstić information content (AvgIpc) is 2.99. The van der Waals surface area contributed by atoms with Crippen LogP contribution in [0.25, 0.3) is 0 Å². The Balaban J connectivity index is 2.12. The number of nitrogen functional groups attached to an aromatic ring is 1. The minimum absolute atomic E-state index is 0.00395. The third kappa shape index (κ3) is 3.31. The number of nitrogens with zero attached hydrogens (tertiary/aromatic N) is 2. The minimum Gasteiger partial charge on any atom is -0.323 e. The summed E-state index contributed by atoms with van der Waals surface area (Å²) in [6.45, 7) is 2.17. The lowest BCUT2D eigenvalue weighted by Gasteiger charge is -2.12. The Morgan fingerprint density at radius 1 is 1.45 bits per heavy atom. The molecule has 0 fully saturated rings. The Morgan fingerprint density at radius 2 is 2.25 bits per heavy atom. The normalized spacial score (nSPS) is 13.1. The molecule has 0 spiro atoms. The third-order valence-electron chi connectivity index (χ3n) is 2.68. The molecule has 2 aromatic heterocycles. The first-order chi connectivity index (χ1) is 9.54. The highest BCUT2D eigenvalue weighted by Gasteiger charge is 2.20. The number of nitrogens with one attached hydrogen (secondary N) is 2. The predicted octanol–water partition coefficient (Wildman–Crippen LogP) is 0.906. The molecular weight excluding hydrogens is 298 g/mol. The van der Waals surface area contributed by atoms with Gasteiger partial charge in [-0.2, -0.15) is 0 Å². The molecule has 1 atom stereocenters. The summed E-state index contributed by atoms with van der Waals surface area (Å²) in [5.41, 5.74) is 2.65. The van der Waals surface area contributed by atoms with Crippen molar-refractivity contribution in [3.05, 3.63) is 35.0 Å². The predicted molar refractivity (Wildman–Crippen MR) is 77.8 cm³/mol. The van der Waals surface area contributed by atoms with Crippen molar-refractivity contribution < 1.29 is 8.42 Å². The molecule has 7 nitrogen and oxygen atoms in total. The van der Waals surface area contributed by atoms with Crippen LogP contribution in [-0.4, -0.2) is 24.9 Å². The van der Waals surface area contributed by atoms with Crippen LogP contribution in [0.3, 0.4) is 0 Å². The van der Waals surface area contributed by atoms with Gasteiger partial charge < -0.3 is 5.43 Å². The van der Waals surface area contributed by atoms with Gasteiger partial charge in [0.1, 0.15) is 4.90 Å². The standard InChI is InChI=1S/C11H15N5O2S2/c1-8(11-14-4-5-19-11)6-15-20(17,18)10-7-13-3-2-9(10)16-12/h2-5,7-8,15H,6,12H2,1H3,(H,13,16). The number of anilines is 1. The minimum atomic E-state index is -3.67. The number of hydrogen-bond donors (Lipinski definition) is 3. The average molecular weight is 313 g/mol. The van der Waals surface area contributed by atoms with Crippen molar-refractivity contribution in [1.29, 1.82) is 0 Å². The summed E-state index contributed by atoms with van der Waals surface area (Å²) in [7, 11) is -3.67. The summed E-state index contributed by atoms with van der Waals surface area (Å²) < 4.78 is 27.0. The number of pyridine rings is 1. The monoisotopic (exact) mass is 313 g/mol. The van der Waals surface area contributed by atoms with Crippen molar-refractivity contribution in [3.63, 3.8) is 0 Å². The van der Waals surface area contributed by atoms with Gasteiger partial charge in [0.25, 0.3) is 0 Å². The van der Waals surface area contributed by atoms with Crippen LogP contribution < -0.4 is 16.0 Å². The summed E-state index contributed by atoms with van der Waals surface area (Å²) in [5.74, 6) is 5.30. The first-order valence-electron chi connectivity index (χ1n) is 5.84. The van der Waals surface area contributed by atoms with Crippen LogP contribution in [0.5, 0.6) is 0 Å². The number of sulfonamides is 1. The van der Waals surface area contributed by atoms with Gasteiger partial charge in [-0.05, 0) is 6.07 Å². The van der Waals surface area contributed by atoms with E-state index < -0.39 is 10.0 Å². The largest absolute Gasteiger partial charge is 0.323 e. The van der Waals surface area contributed by atoms with Crippen molar-refractivity contribution in [3.8, 4) is 0 Å². The van der Waals surface area contributed by atoms with E-state index in [1.807, 2.05) is 12.3 Å². The molecule has 0 aliphatic carbocycles. The maximum Gasteiger partial charge on any atom is 0.244 e. The van der Waals surface area contributed by atoms with Crippen LogP contribution in [0.15, 0.2) is 34.9 Å². The lowest BCUT2D eigenvalue weighted by molar-refractivity contribution is 0.574. The zero-order valence-corrected chi connectivity index (χ0v) is 12.4. The Bertz CT molecular complexity index is 657. The van der Waals surface area contributed by atoms with E-state index >= 15 is 0 Å². The van der Waals surface area contributed by atoms with E-state index in [0.717, 1.165) is 5.01 Å². The maximum atomic E-state index is 12.2. The van der Waals surface area contributed by atoms with E-state index in [0.29, 0.717) is 5.69 Å². The smallest absolute Gasteiger partial charge is 0.244 e. The fourth-order valence-corrected chi connectivity index (χ4v) is 3.53.